The third kappa shape index (κ3) is 2.25. The van der Waals surface area contributed by atoms with Gasteiger partial charge in [0.2, 0.25) is 0 Å². The van der Waals surface area contributed by atoms with Crippen LogP contribution in [0.1, 0.15) is 47.0 Å². The largest absolute Gasteiger partial charge is 0.317 e. The van der Waals surface area contributed by atoms with Gasteiger partial charge in [-0.15, -0.1) is 0 Å². The van der Waals surface area contributed by atoms with Crippen LogP contribution in [0.4, 0.5) is 0 Å². The average Bonchev–Trinajstić information content (AvgIpc) is 2.56. The lowest BCUT2D eigenvalue weighted by atomic mass is 10.0. The van der Waals surface area contributed by atoms with Crippen LogP contribution in [0, 0.1) is 17.3 Å². The number of nitrogens with one attached hydrogen (secondary N) is 1. The first kappa shape index (κ1) is 11.0. The van der Waals surface area contributed by atoms with E-state index in [4.69, 9.17) is 0 Å². The Morgan fingerprint density at radius 2 is 1.92 bits per heavy atom. The molecule has 0 spiro atoms. The summed E-state index contributed by atoms with van der Waals surface area (Å²) in [7, 11) is 2.08. The molecule has 1 aliphatic rings. The molecule has 78 valence electrons. The van der Waals surface area contributed by atoms with Crippen molar-refractivity contribution in [1.29, 1.82) is 0 Å². The summed E-state index contributed by atoms with van der Waals surface area (Å²) in [6, 6.07) is 0.739. The third-order valence-corrected chi connectivity index (χ3v) is 4.35. The van der Waals surface area contributed by atoms with E-state index in [0.717, 1.165) is 17.9 Å². The summed E-state index contributed by atoms with van der Waals surface area (Å²) in [5.41, 5.74) is 0.631. The molecule has 1 heteroatoms. The maximum atomic E-state index is 3.38. The SMILES string of the molecule is CCC(CCC1C(C)C1(C)C)NC. The van der Waals surface area contributed by atoms with Crippen molar-refractivity contribution in [2.24, 2.45) is 17.3 Å². The molecular weight excluding hydrogens is 158 g/mol. The molecule has 3 atom stereocenters. The first-order valence-electron chi connectivity index (χ1n) is 5.71. The van der Waals surface area contributed by atoms with Gasteiger partial charge >= 0.3 is 0 Å². The molecular formula is C12H25N. The van der Waals surface area contributed by atoms with Gasteiger partial charge < -0.3 is 5.32 Å². The second-order valence-electron chi connectivity index (χ2n) is 5.19. The summed E-state index contributed by atoms with van der Waals surface area (Å²) in [5.74, 6) is 1.93. The molecule has 0 saturated heterocycles. The molecule has 0 bridgehead atoms. The smallest absolute Gasteiger partial charge is 0.00615 e. The zero-order valence-electron chi connectivity index (χ0n) is 9.85. The van der Waals surface area contributed by atoms with Gasteiger partial charge in [-0.25, -0.2) is 0 Å². The highest BCUT2D eigenvalue weighted by molar-refractivity contribution is 5.02. The lowest BCUT2D eigenvalue weighted by Gasteiger charge is -2.13. The highest BCUT2D eigenvalue weighted by atomic mass is 14.9. The predicted octanol–water partition coefficient (Wildman–Crippen LogP) is 3.06. The minimum absolute atomic E-state index is 0.631. The molecule has 13 heavy (non-hydrogen) atoms. The second-order valence-corrected chi connectivity index (χ2v) is 5.19. The summed E-state index contributed by atoms with van der Waals surface area (Å²) in [6.07, 6.45) is 4.02. The van der Waals surface area contributed by atoms with E-state index in [1.54, 1.807) is 0 Å². The summed E-state index contributed by atoms with van der Waals surface area (Å²) in [5, 5.41) is 3.38. The van der Waals surface area contributed by atoms with Gasteiger partial charge in [-0.2, -0.15) is 0 Å². The molecule has 0 aromatic heterocycles. The highest BCUT2D eigenvalue weighted by Crippen LogP contribution is 2.60. The van der Waals surface area contributed by atoms with Crippen LogP contribution in [0.15, 0.2) is 0 Å². The molecule has 1 aliphatic carbocycles. The van der Waals surface area contributed by atoms with E-state index >= 15 is 0 Å². The molecule has 0 aliphatic heterocycles. The summed E-state index contributed by atoms with van der Waals surface area (Å²) >= 11 is 0. The molecule has 0 radical (unpaired) electrons. The van der Waals surface area contributed by atoms with Crippen molar-refractivity contribution in [2.45, 2.75) is 53.0 Å². The van der Waals surface area contributed by atoms with E-state index in [9.17, 15) is 0 Å². The average molecular weight is 183 g/mol. The van der Waals surface area contributed by atoms with E-state index < -0.39 is 0 Å². The predicted molar refractivity (Wildman–Crippen MR) is 58.8 cm³/mol. The minimum Gasteiger partial charge on any atom is -0.317 e. The van der Waals surface area contributed by atoms with Gasteiger partial charge in [-0.3, -0.25) is 0 Å². The van der Waals surface area contributed by atoms with E-state index in [2.05, 4.69) is 40.1 Å². The molecule has 1 nitrogen and oxygen atoms in total. The fourth-order valence-electron chi connectivity index (χ4n) is 2.57. The van der Waals surface area contributed by atoms with Crippen molar-refractivity contribution in [3.05, 3.63) is 0 Å². The van der Waals surface area contributed by atoms with Crippen LogP contribution in [0.25, 0.3) is 0 Å². The topological polar surface area (TPSA) is 12.0 Å². The van der Waals surface area contributed by atoms with E-state index in [1.165, 1.54) is 19.3 Å². The standard InChI is InChI=1S/C12H25N/c1-6-10(13-5)7-8-11-9(2)12(11,3)4/h9-11,13H,6-8H2,1-5H3. The van der Waals surface area contributed by atoms with Gasteiger partial charge in [0.05, 0.1) is 0 Å². The maximum absolute atomic E-state index is 3.38. The first-order valence-corrected chi connectivity index (χ1v) is 5.71. The fraction of sp³-hybridized carbons (Fsp3) is 1.00. The Labute approximate surface area is 83.3 Å². The lowest BCUT2D eigenvalue weighted by Crippen LogP contribution is -2.24. The van der Waals surface area contributed by atoms with Gasteiger partial charge in [0.1, 0.15) is 0 Å². The lowest BCUT2D eigenvalue weighted by molar-refractivity contribution is 0.443. The van der Waals surface area contributed by atoms with Crippen molar-refractivity contribution >= 4 is 0 Å². The zero-order valence-corrected chi connectivity index (χ0v) is 9.85. The van der Waals surface area contributed by atoms with Crippen LogP contribution in [-0.4, -0.2) is 13.1 Å². The quantitative estimate of drug-likeness (QED) is 0.691. The molecule has 0 heterocycles. The normalized spacial score (nSPS) is 33.0. The monoisotopic (exact) mass is 183 g/mol. The number of hydrogen-bond acceptors (Lipinski definition) is 1. The van der Waals surface area contributed by atoms with Gasteiger partial charge in [0.15, 0.2) is 0 Å². The Morgan fingerprint density at radius 1 is 1.38 bits per heavy atom. The van der Waals surface area contributed by atoms with E-state index in [0.29, 0.717) is 5.41 Å². The fourth-order valence-corrected chi connectivity index (χ4v) is 2.57. The summed E-state index contributed by atoms with van der Waals surface area (Å²) < 4.78 is 0. The Bertz CT molecular complexity index is 159. The molecule has 1 fully saturated rings. The summed E-state index contributed by atoms with van der Waals surface area (Å²) in [6.45, 7) is 9.47. The van der Waals surface area contributed by atoms with E-state index in [-0.39, 0.29) is 0 Å². The second kappa shape index (κ2) is 4.00. The molecule has 1 saturated carbocycles. The van der Waals surface area contributed by atoms with E-state index in [1.807, 2.05) is 0 Å². The maximum Gasteiger partial charge on any atom is 0.00615 e. The summed E-state index contributed by atoms with van der Waals surface area (Å²) in [4.78, 5) is 0. The van der Waals surface area contributed by atoms with Crippen LogP contribution in [-0.2, 0) is 0 Å². The minimum atomic E-state index is 0.631. The Morgan fingerprint density at radius 3 is 2.23 bits per heavy atom. The van der Waals surface area contributed by atoms with Crippen molar-refractivity contribution < 1.29 is 0 Å². The third-order valence-electron chi connectivity index (χ3n) is 4.35. The van der Waals surface area contributed by atoms with Crippen LogP contribution in [0.2, 0.25) is 0 Å². The molecule has 1 rings (SSSR count). The van der Waals surface area contributed by atoms with Crippen molar-refractivity contribution in [1.82, 2.24) is 5.32 Å². The molecule has 0 aromatic rings. The first-order chi connectivity index (χ1) is 6.04. The van der Waals surface area contributed by atoms with Crippen LogP contribution in [0.3, 0.4) is 0 Å². The Hall–Kier alpha value is -0.0400. The Kier molecular flexibility index (Phi) is 3.39. The molecule has 1 N–H and O–H groups in total. The van der Waals surface area contributed by atoms with Crippen molar-refractivity contribution in [2.75, 3.05) is 7.05 Å². The van der Waals surface area contributed by atoms with Crippen LogP contribution < -0.4 is 5.32 Å². The zero-order chi connectivity index (χ0) is 10.1. The highest BCUT2D eigenvalue weighted by Gasteiger charge is 2.53. The van der Waals surface area contributed by atoms with Gasteiger partial charge in [0, 0.05) is 6.04 Å². The number of hydrogen-bond donors (Lipinski definition) is 1. The molecule has 3 unspecified atom stereocenters. The van der Waals surface area contributed by atoms with Crippen molar-refractivity contribution in [3.63, 3.8) is 0 Å². The van der Waals surface area contributed by atoms with Crippen LogP contribution in [0.5, 0.6) is 0 Å². The van der Waals surface area contributed by atoms with Gasteiger partial charge in [0.25, 0.3) is 0 Å². The van der Waals surface area contributed by atoms with Crippen LogP contribution >= 0.6 is 0 Å². The number of rotatable bonds is 5. The van der Waals surface area contributed by atoms with Gasteiger partial charge in [-0.05, 0) is 43.6 Å². The van der Waals surface area contributed by atoms with Crippen molar-refractivity contribution in [3.8, 4) is 0 Å². The van der Waals surface area contributed by atoms with Gasteiger partial charge in [-0.1, -0.05) is 27.7 Å². The molecule has 0 aromatic carbocycles. The Balaban J connectivity index is 2.21. The molecule has 0 amide bonds.